The van der Waals surface area contributed by atoms with E-state index < -0.39 is 11.1 Å². The lowest BCUT2D eigenvalue weighted by Gasteiger charge is -2.29. The van der Waals surface area contributed by atoms with Crippen molar-refractivity contribution in [3.8, 4) is 11.4 Å². The molecule has 0 bridgehead atoms. The average Bonchev–Trinajstić information content (AvgIpc) is 3.52. The van der Waals surface area contributed by atoms with Crippen molar-refractivity contribution in [3.63, 3.8) is 0 Å². The highest BCUT2D eigenvalue weighted by atomic mass is 32.2. The van der Waals surface area contributed by atoms with Crippen LogP contribution in [0.2, 0.25) is 0 Å². The fourth-order valence-electron chi connectivity index (χ4n) is 4.13. The van der Waals surface area contributed by atoms with Gasteiger partial charge in [0.15, 0.2) is 16.9 Å². The zero-order chi connectivity index (χ0) is 24.4. The number of carbonyl (C=O) groups is 1. The lowest BCUT2D eigenvalue weighted by Crippen LogP contribution is -2.37. The first-order chi connectivity index (χ1) is 16.9. The van der Waals surface area contributed by atoms with Crippen molar-refractivity contribution in [2.45, 2.75) is 18.3 Å². The molecule has 5 rings (SSSR count). The van der Waals surface area contributed by atoms with Gasteiger partial charge in [0.2, 0.25) is 0 Å². The molecule has 2 aromatic heterocycles. The van der Waals surface area contributed by atoms with Crippen LogP contribution in [0.3, 0.4) is 0 Å². The van der Waals surface area contributed by atoms with Crippen molar-refractivity contribution >= 4 is 34.3 Å². The molecule has 1 aromatic carbocycles. The number of hydrogen-bond acceptors (Lipinski definition) is 7. The summed E-state index contributed by atoms with van der Waals surface area (Å²) < 4.78 is 28.2. The number of morpholine rings is 1. The zero-order valence-electron chi connectivity index (χ0n) is 19.3. The molecule has 1 saturated heterocycles. The third-order valence-electron chi connectivity index (χ3n) is 6.21. The first-order valence-electron chi connectivity index (χ1n) is 11.4. The van der Waals surface area contributed by atoms with Gasteiger partial charge in [0.25, 0.3) is 0 Å². The molecule has 2 fully saturated rings. The normalized spacial score (nSPS) is 17.6. The topological polar surface area (TPSA) is 134 Å². The Labute approximate surface area is 205 Å². The summed E-state index contributed by atoms with van der Waals surface area (Å²) in [6.07, 6.45) is 4.93. The maximum Gasteiger partial charge on any atom is 0.323 e. The van der Waals surface area contributed by atoms with E-state index in [4.69, 9.17) is 14.7 Å². The molecule has 35 heavy (non-hydrogen) atoms. The monoisotopic (exact) mass is 497 g/mol. The Bertz CT molecular complexity index is 1240. The standard InChI is InChI=1S/C23H27N7O4S/c1-29-14-18(13-24-29)26-22(31)25-17-4-2-16(3-5-17)21-27-19(23(6-7-23)15-35(32)33)12-20(28-21)30-8-10-34-11-9-30/h2-5,12-14H,6-11,15H2,1H3,(H,32,33)(H2,25,26,31). The molecule has 3 heterocycles. The number of amides is 2. The van der Waals surface area contributed by atoms with Gasteiger partial charge >= 0.3 is 6.03 Å². The van der Waals surface area contributed by atoms with E-state index in [1.807, 2.05) is 18.2 Å². The van der Waals surface area contributed by atoms with E-state index in [1.165, 1.54) is 0 Å². The largest absolute Gasteiger partial charge is 0.378 e. The summed E-state index contributed by atoms with van der Waals surface area (Å²) in [5.41, 5.74) is 2.42. The Kier molecular flexibility index (Phi) is 6.50. The van der Waals surface area contributed by atoms with E-state index in [0.717, 1.165) is 43.0 Å². The molecule has 2 aliphatic rings. The third-order valence-corrected chi connectivity index (χ3v) is 7.01. The van der Waals surface area contributed by atoms with Crippen LogP contribution in [-0.4, -0.2) is 66.6 Å². The molecule has 11 nitrogen and oxygen atoms in total. The second-order valence-electron chi connectivity index (χ2n) is 8.84. The molecule has 0 spiro atoms. The number of rotatable bonds is 7. The highest BCUT2D eigenvalue weighted by Crippen LogP contribution is 2.48. The number of aromatic nitrogens is 4. The van der Waals surface area contributed by atoms with Gasteiger partial charge in [0, 0.05) is 49.1 Å². The third kappa shape index (κ3) is 5.50. The first kappa shape index (κ1) is 23.4. The van der Waals surface area contributed by atoms with Gasteiger partial charge in [-0.15, -0.1) is 0 Å². The quantitative estimate of drug-likeness (QED) is 0.424. The molecule has 2 amide bonds. The minimum Gasteiger partial charge on any atom is -0.378 e. The highest BCUT2D eigenvalue weighted by molar-refractivity contribution is 7.79. The number of hydrogen-bond donors (Lipinski definition) is 3. The molecule has 1 unspecified atom stereocenters. The van der Waals surface area contributed by atoms with Crippen LogP contribution in [0.15, 0.2) is 42.7 Å². The van der Waals surface area contributed by atoms with Gasteiger partial charge in [-0.2, -0.15) is 5.10 Å². The van der Waals surface area contributed by atoms with Crippen molar-refractivity contribution in [3.05, 3.63) is 48.4 Å². The number of nitrogens with zero attached hydrogens (tertiary/aromatic N) is 5. The van der Waals surface area contributed by atoms with Crippen molar-refractivity contribution in [1.29, 1.82) is 0 Å². The molecule has 1 aliphatic heterocycles. The minimum atomic E-state index is -1.90. The van der Waals surface area contributed by atoms with Crippen LogP contribution in [0, 0.1) is 0 Å². The molecule has 0 radical (unpaired) electrons. The van der Waals surface area contributed by atoms with Crippen LogP contribution in [-0.2, 0) is 28.3 Å². The maximum atomic E-state index is 12.3. The maximum absolute atomic E-state index is 12.3. The van der Waals surface area contributed by atoms with E-state index in [-0.39, 0.29) is 17.2 Å². The number of ether oxygens (including phenoxy) is 1. The number of urea groups is 1. The fourth-order valence-corrected chi connectivity index (χ4v) is 5.04. The summed E-state index contributed by atoms with van der Waals surface area (Å²) in [5.74, 6) is 1.51. The Balaban J connectivity index is 1.38. The minimum absolute atomic E-state index is 0.168. The molecular formula is C23H27N7O4S. The van der Waals surface area contributed by atoms with Crippen LogP contribution >= 0.6 is 0 Å². The van der Waals surface area contributed by atoms with Crippen molar-refractivity contribution < 1.29 is 18.3 Å². The van der Waals surface area contributed by atoms with E-state index in [2.05, 4.69) is 20.6 Å². The first-order valence-corrected chi connectivity index (χ1v) is 12.6. The van der Waals surface area contributed by atoms with E-state index in [9.17, 15) is 13.6 Å². The van der Waals surface area contributed by atoms with Crippen LogP contribution < -0.4 is 15.5 Å². The zero-order valence-corrected chi connectivity index (χ0v) is 20.1. The summed E-state index contributed by atoms with van der Waals surface area (Å²) >= 11 is -1.90. The highest BCUT2D eigenvalue weighted by Gasteiger charge is 2.47. The van der Waals surface area contributed by atoms with Gasteiger partial charge < -0.3 is 24.8 Å². The van der Waals surface area contributed by atoms with Crippen molar-refractivity contribution in [2.75, 3.05) is 47.6 Å². The molecule has 3 N–H and O–H groups in total. The number of carbonyl (C=O) groups excluding carboxylic acids is 1. The van der Waals surface area contributed by atoms with Gasteiger partial charge in [-0.1, -0.05) is 0 Å². The van der Waals surface area contributed by atoms with E-state index in [0.29, 0.717) is 30.4 Å². The number of benzene rings is 1. The van der Waals surface area contributed by atoms with E-state index in [1.54, 1.807) is 36.3 Å². The van der Waals surface area contributed by atoms with Gasteiger partial charge in [-0.05, 0) is 37.1 Å². The fraction of sp³-hybridized carbons (Fsp3) is 0.391. The van der Waals surface area contributed by atoms with E-state index >= 15 is 0 Å². The van der Waals surface area contributed by atoms with Crippen LogP contribution in [0.4, 0.5) is 22.0 Å². The lowest BCUT2D eigenvalue weighted by molar-refractivity contribution is 0.122. The molecule has 3 aromatic rings. The predicted octanol–water partition coefficient (Wildman–Crippen LogP) is 2.61. The smallest absolute Gasteiger partial charge is 0.323 e. The second-order valence-corrected chi connectivity index (χ2v) is 9.77. The molecular weight excluding hydrogens is 470 g/mol. The van der Waals surface area contributed by atoms with Crippen molar-refractivity contribution in [1.82, 2.24) is 19.7 Å². The Morgan fingerprint density at radius 1 is 1.14 bits per heavy atom. The molecule has 184 valence electrons. The predicted molar refractivity (Wildman–Crippen MR) is 133 cm³/mol. The number of nitrogens with one attached hydrogen (secondary N) is 2. The number of aryl methyl sites for hydroxylation is 1. The average molecular weight is 498 g/mol. The Morgan fingerprint density at radius 3 is 2.49 bits per heavy atom. The van der Waals surface area contributed by atoms with Gasteiger partial charge in [0.1, 0.15) is 5.82 Å². The molecule has 12 heteroatoms. The molecule has 1 aliphatic carbocycles. The summed E-state index contributed by atoms with van der Waals surface area (Å²) in [6, 6.07) is 8.87. The van der Waals surface area contributed by atoms with Crippen LogP contribution in [0.1, 0.15) is 18.5 Å². The number of anilines is 3. The summed E-state index contributed by atoms with van der Waals surface area (Å²) in [5, 5.41) is 9.55. The Morgan fingerprint density at radius 2 is 1.86 bits per heavy atom. The second kappa shape index (κ2) is 9.72. The van der Waals surface area contributed by atoms with Crippen LogP contribution in [0.5, 0.6) is 0 Å². The summed E-state index contributed by atoms with van der Waals surface area (Å²) in [6.45, 7) is 2.71. The molecule has 1 atom stereocenters. The summed E-state index contributed by atoms with van der Waals surface area (Å²) in [4.78, 5) is 24.0. The Hall–Kier alpha value is -3.35. The SMILES string of the molecule is Cn1cc(NC(=O)Nc2ccc(-c3nc(N4CCOCC4)cc(C4(CS(=O)O)CC4)n3)cc2)cn1. The lowest BCUT2D eigenvalue weighted by atomic mass is 10.0. The van der Waals surface area contributed by atoms with Gasteiger partial charge in [-0.25, -0.2) is 19.0 Å². The molecule has 1 saturated carbocycles. The van der Waals surface area contributed by atoms with Gasteiger partial charge in [-0.3, -0.25) is 4.68 Å². The van der Waals surface area contributed by atoms with Gasteiger partial charge in [0.05, 0.1) is 36.5 Å². The summed E-state index contributed by atoms with van der Waals surface area (Å²) in [7, 11) is 1.78. The van der Waals surface area contributed by atoms with Crippen molar-refractivity contribution in [2.24, 2.45) is 7.05 Å². The van der Waals surface area contributed by atoms with Crippen LogP contribution in [0.25, 0.3) is 11.4 Å².